The monoisotopic (exact) mass is 410 g/mol. The number of fused-ring (bicyclic) bond motifs is 1. The summed E-state index contributed by atoms with van der Waals surface area (Å²) in [5, 5.41) is 8.63. The van der Waals surface area contributed by atoms with Crippen molar-refractivity contribution in [3.8, 4) is 16.5 Å². The normalized spacial score (nSPS) is 17.3. The van der Waals surface area contributed by atoms with Gasteiger partial charge in [-0.15, -0.1) is 21.5 Å². The molecule has 0 saturated carbocycles. The molecule has 1 aliphatic carbocycles. The minimum atomic E-state index is 0.675. The lowest BCUT2D eigenvalue weighted by Crippen LogP contribution is -2.46. The number of hydrogen-bond acceptors (Lipinski definition) is 7. The molecule has 152 valence electrons. The Morgan fingerprint density at radius 1 is 1.07 bits per heavy atom. The third-order valence-electron chi connectivity index (χ3n) is 5.82. The van der Waals surface area contributed by atoms with Crippen molar-refractivity contribution in [2.75, 3.05) is 38.2 Å². The maximum Gasteiger partial charge on any atom is 0.257 e. The number of aryl methyl sites for hydroxylation is 2. The molecule has 3 aromatic rings. The van der Waals surface area contributed by atoms with Gasteiger partial charge < -0.3 is 14.1 Å². The molecule has 2 aliphatic rings. The van der Waals surface area contributed by atoms with Crippen molar-refractivity contribution < 1.29 is 9.15 Å². The van der Waals surface area contributed by atoms with Gasteiger partial charge in [-0.3, -0.25) is 4.90 Å². The molecular formula is C22H26N4O2S. The molecule has 7 heteroatoms. The van der Waals surface area contributed by atoms with Gasteiger partial charge in [0.05, 0.1) is 18.5 Å². The summed E-state index contributed by atoms with van der Waals surface area (Å²) in [4.78, 5) is 7.40. The minimum Gasteiger partial charge on any atom is -0.497 e. The van der Waals surface area contributed by atoms with E-state index in [4.69, 9.17) is 9.15 Å². The second-order valence-corrected chi connectivity index (χ2v) is 8.87. The summed E-state index contributed by atoms with van der Waals surface area (Å²) in [6, 6.07) is 10.5. The van der Waals surface area contributed by atoms with E-state index >= 15 is 0 Å². The highest BCUT2D eigenvalue weighted by atomic mass is 32.1. The number of aromatic nitrogens is 2. The molecule has 3 heterocycles. The first kappa shape index (κ1) is 18.6. The van der Waals surface area contributed by atoms with E-state index in [9.17, 15) is 0 Å². The molecular weight excluding hydrogens is 384 g/mol. The summed E-state index contributed by atoms with van der Waals surface area (Å²) >= 11 is 1.82. The number of nitrogens with zero attached hydrogens (tertiary/aromatic N) is 4. The molecule has 0 unspecified atom stereocenters. The maximum absolute atomic E-state index is 6.01. The van der Waals surface area contributed by atoms with E-state index in [0.29, 0.717) is 18.3 Å². The number of hydrogen-bond donors (Lipinski definition) is 0. The number of rotatable bonds is 5. The highest BCUT2D eigenvalue weighted by molar-refractivity contribution is 7.15. The molecule has 5 rings (SSSR count). The van der Waals surface area contributed by atoms with E-state index in [1.807, 2.05) is 23.5 Å². The Morgan fingerprint density at radius 3 is 2.76 bits per heavy atom. The highest BCUT2D eigenvalue weighted by Crippen LogP contribution is 2.35. The van der Waals surface area contributed by atoms with Crippen molar-refractivity contribution in [2.24, 2.45) is 0 Å². The van der Waals surface area contributed by atoms with Crippen LogP contribution in [0, 0.1) is 0 Å². The molecule has 0 amide bonds. The Balaban J connectivity index is 1.19. The number of methoxy groups -OCH3 is 1. The van der Waals surface area contributed by atoms with Gasteiger partial charge in [-0.2, -0.15) is 0 Å². The van der Waals surface area contributed by atoms with Gasteiger partial charge in [0, 0.05) is 42.8 Å². The Hall–Kier alpha value is -2.38. The Bertz CT molecular complexity index is 951. The second kappa shape index (κ2) is 8.16. The first-order valence-electron chi connectivity index (χ1n) is 10.3. The van der Waals surface area contributed by atoms with Gasteiger partial charge in [-0.25, -0.2) is 0 Å². The molecule has 1 aliphatic heterocycles. The van der Waals surface area contributed by atoms with Crippen LogP contribution >= 0.6 is 11.3 Å². The number of ether oxygens (including phenoxy) is 1. The number of anilines is 1. The van der Waals surface area contributed by atoms with Gasteiger partial charge in [-0.05, 0) is 49.4 Å². The predicted molar refractivity (Wildman–Crippen MR) is 115 cm³/mol. The minimum absolute atomic E-state index is 0.675. The van der Waals surface area contributed by atoms with Crippen LogP contribution in [0.5, 0.6) is 5.75 Å². The van der Waals surface area contributed by atoms with Crippen molar-refractivity contribution in [2.45, 2.75) is 32.2 Å². The smallest absolute Gasteiger partial charge is 0.257 e. The zero-order chi connectivity index (χ0) is 19.6. The Kier molecular flexibility index (Phi) is 5.24. The van der Waals surface area contributed by atoms with E-state index < -0.39 is 0 Å². The second-order valence-electron chi connectivity index (χ2n) is 7.73. The van der Waals surface area contributed by atoms with Crippen molar-refractivity contribution in [1.82, 2.24) is 15.1 Å². The Labute approximate surface area is 175 Å². The molecule has 1 saturated heterocycles. The summed E-state index contributed by atoms with van der Waals surface area (Å²) < 4.78 is 11.4. The number of benzene rings is 1. The first-order chi connectivity index (χ1) is 14.3. The topological polar surface area (TPSA) is 54.6 Å². The van der Waals surface area contributed by atoms with E-state index in [1.165, 1.54) is 41.8 Å². The van der Waals surface area contributed by atoms with Crippen LogP contribution in [-0.2, 0) is 19.4 Å². The van der Waals surface area contributed by atoms with Crippen LogP contribution < -0.4 is 9.64 Å². The van der Waals surface area contributed by atoms with Gasteiger partial charge in [0.25, 0.3) is 5.89 Å². The van der Waals surface area contributed by atoms with Gasteiger partial charge in [-0.1, -0.05) is 6.07 Å². The lowest BCUT2D eigenvalue weighted by molar-refractivity contribution is 0.227. The lowest BCUT2D eigenvalue weighted by Gasteiger charge is -2.35. The van der Waals surface area contributed by atoms with E-state index in [-0.39, 0.29) is 0 Å². The van der Waals surface area contributed by atoms with E-state index in [1.54, 1.807) is 7.11 Å². The largest absolute Gasteiger partial charge is 0.497 e. The highest BCUT2D eigenvalue weighted by Gasteiger charge is 2.21. The summed E-state index contributed by atoms with van der Waals surface area (Å²) in [6.45, 7) is 4.62. The molecule has 1 fully saturated rings. The molecule has 2 aromatic heterocycles. The number of piperazine rings is 1. The molecule has 6 nitrogen and oxygen atoms in total. The van der Waals surface area contributed by atoms with Crippen LogP contribution in [0.3, 0.4) is 0 Å². The SMILES string of the molecule is COc1cccc(N2CCN(Cc3nnc(-c4cc5c(s4)CCCC5)o3)CC2)c1. The molecule has 0 N–H and O–H groups in total. The Morgan fingerprint density at radius 2 is 1.93 bits per heavy atom. The van der Waals surface area contributed by atoms with Gasteiger partial charge in [0.1, 0.15) is 5.75 Å². The van der Waals surface area contributed by atoms with Gasteiger partial charge in [0.2, 0.25) is 5.89 Å². The van der Waals surface area contributed by atoms with Crippen LogP contribution in [0.4, 0.5) is 5.69 Å². The summed E-state index contributed by atoms with van der Waals surface area (Å²) in [5.74, 6) is 2.29. The van der Waals surface area contributed by atoms with E-state index in [2.05, 4.69) is 38.2 Å². The fourth-order valence-electron chi connectivity index (χ4n) is 4.18. The van der Waals surface area contributed by atoms with Crippen molar-refractivity contribution >= 4 is 17.0 Å². The third kappa shape index (κ3) is 4.02. The standard InChI is InChI=1S/C22H26N4O2S/c1-27-18-7-4-6-17(14-18)26-11-9-25(10-12-26)15-21-23-24-22(28-21)20-13-16-5-2-3-8-19(16)29-20/h4,6-7,13-14H,2-3,5,8-12,15H2,1H3. The molecule has 0 bridgehead atoms. The van der Waals surface area contributed by atoms with Crippen LogP contribution in [0.2, 0.25) is 0 Å². The first-order valence-corrected chi connectivity index (χ1v) is 11.2. The fraction of sp³-hybridized carbons (Fsp3) is 0.455. The van der Waals surface area contributed by atoms with Crippen molar-refractivity contribution in [1.29, 1.82) is 0 Å². The van der Waals surface area contributed by atoms with Crippen LogP contribution in [0.1, 0.15) is 29.2 Å². The van der Waals surface area contributed by atoms with Crippen molar-refractivity contribution in [3.05, 3.63) is 46.7 Å². The quantitative estimate of drug-likeness (QED) is 0.634. The fourth-order valence-corrected chi connectivity index (χ4v) is 5.35. The van der Waals surface area contributed by atoms with Crippen LogP contribution in [-0.4, -0.2) is 48.4 Å². The van der Waals surface area contributed by atoms with Crippen molar-refractivity contribution in [3.63, 3.8) is 0 Å². The van der Waals surface area contributed by atoms with Gasteiger partial charge in [0.15, 0.2) is 0 Å². The molecule has 29 heavy (non-hydrogen) atoms. The average Bonchev–Trinajstić information content (AvgIpc) is 3.41. The summed E-state index contributed by atoms with van der Waals surface area (Å²) in [6.07, 6.45) is 4.97. The maximum atomic E-state index is 6.01. The molecule has 0 radical (unpaired) electrons. The summed E-state index contributed by atoms with van der Waals surface area (Å²) in [7, 11) is 1.71. The van der Waals surface area contributed by atoms with Crippen LogP contribution in [0.25, 0.3) is 10.8 Å². The number of thiophene rings is 1. The third-order valence-corrected chi connectivity index (χ3v) is 7.05. The lowest BCUT2D eigenvalue weighted by atomic mass is 9.99. The van der Waals surface area contributed by atoms with E-state index in [0.717, 1.165) is 36.8 Å². The zero-order valence-electron chi connectivity index (χ0n) is 16.8. The van der Waals surface area contributed by atoms with Crippen LogP contribution in [0.15, 0.2) is 34.7 Å². The van der Waals surface area contributed by atoms with Gasteiger partial charge >= 0.3 is 0 Å². The molecule has 0 spiro atoms. The molecule has 1 aromatic carbocycles. The zero-order valence-corrected chi connectivity index (χ0v) is 17.6. The molecule has 0 atom stereocenters. The predicted octanol–water partition coefficient (Wildman–Crippen LogP) is 4.01. The average molecular weight is 411 g/mol. The summed E-state index contributed by atoms with van der Waals surface area (Å²) in [5.41, 5.74) is 2.69.